The maximum Gasteiger partial charge on any atom is 0.0711 e. The number of unbranched alkanes of at least 4 members (excludes halogenated alkanes) is 6. The highest BCUT2D eigenvalue weighted by molar-refractivity contribution is 5.51. The Morgan fingerprint density at radius 1 is 0.692 bits per heavy atom. The van der Waals surface area contributed by atoms with Gasteiger partial charge in [0.15, 0.2) is 0 Å². The molecule has 0 saturated carbocycles. The number of benzene rings is 2. The van der Waals surface area contributed by atoms with Gasteiger partial charge in [0.1, 0.15) is 0 Å². The Morgan fingerprint density at radius 3 is 1.73 bits per heavy atom. The molecule has 0 N–H and O–H groups in total. The molecule has 2 rings (SSSR count). The molecule has 0 nitrogen and oxygen atoms in total. The van der Waals surface area contributed by atoms with E-state index in [1.165, 1.54) is 38.5 Å². The minimum Gasteiger partial charge on any atom is -0.0654 e. The molecule has 0 saturated heterocycles. The molecular formula is C26H28. The average Bonchev–Trinajstić information content (AvgIpc) is 2.70. The number of hydrogen-bond donors (Lipinski definition) is 0. The third kappa shape index (κ3) is 8.41. The van der Waals surface area contributed by atoms with Gasteiger partial charge < -0.3 is 0 Å². The third-order valence-corrected chi connectivity index (χ3v) is 4.14. The van der Waals surface area contributed by atoms with E-state index in [9.17, 15) is 0 Å². The van der Waals surface area contributed by atoms with Crippen molar-refractivity contribution in [3.8, 4) is 23.7 Å². The highest BCUT2D eigenvalue weighted by atomic mass is 14.0. The zero-order valence-corrected chi connectivity index (χ0v) is 15.8. The SMILES string of the molecule is CCCCCCCCC=C(C#Cc1ccccc1)C#Cc1ccccc1. The molecular weight excluding hydrogens is 312 g/mol. The largest absolute Gasteiger partial charge is 0.0711 e. The van der Waals surface area contributed by atoms with Crippen molar-refractivity contribution in [1.29, 1.82) is 0 Å². The predicted molar refractivity (Wildman–Crippen MR) is 113 cm³/mol. The van der Waals surface area contributed by atoms with E-state index in [4.69, 9.17) is 0 Å². The summed E-state index contributed by atoms with van der Waals surface area (Å²) in [5.74, 6) is 13.0. The minimum absolute atomic E-state index is 0.922. The maximum atomic E-state index is 3.25. The fraction of sp³-hybridized carbons (Fsp3) is 0.308. The second kappa shape index (κ2) is 12.6. The number of allylic oxidation sites excluding steroid dienone is 2. The van der Waals surface area contributed by atoms with Crippen molar-refractivity contribution < 1.29 is 0 Å². The summed E-state index contributed by atoms with van der Waals surface area (Å²) in [5.41, 5.74) is 2.98. The van der Waals surface area contributed by atoms with E-state index < -0.39 is 0 Å². The lowest BCUT2D eigenvalue weighted by molar-refractivity contribution is 0.611. The molecule has 0 amide bonds. The van der Waals surface area contributed by atoms with Crippen LogP contribution in [0.25, 0.3) is 0 Å². The Hall–Kier alpha value is -2.70. The smallest absolute Gasteiger partial charge is 0.0654 e. The summed E-state index contributed by atoms with van der Waals surface area (Å²) in [6.07, 6.45) is 11.1. The van der Waals surface area contributed by atoms with E-state index in [1.807, 2.05) is 60.7 Å². The van der Waals surface area contributed by atoms with E-state index in [2.05, 4.69) is 36.7 Å². The van der Waals surface area contributed by atoms with Gasteiger partial charge >= 0.3 is 0 Å². The number of rotatable bonds is 7. The lowest BCUT2D eigenvalue weighted by Crippen LogP contribution is -1.81. The first-order valence-electron chi connectivity index (χ1n) is 9.73. The van der Waals surface area contributed by atoms with E-state index in [-0.39, 0.29) is 0 Å². The van der Waals surface area contributed by atoms with Crippen molar-refractivity contribution >= 4 is 0 Å². The first-order chi connectivity index (χ1) is 12.9. The topological polar surface area (TPSA) is 0 Å². The second-order valence-electron chi connectivity index (χ2n) is 6.41. The van der Waals surface area contributed by atoms with Gasteiger partial charge in [0.2, 0.25) is 0 Å². The quantitative estimate of drug-likeness (QED) is 0.385. The van der Waals surface area contributed by atoms with Gasteiger partial charge in [-0.15, -0.1) is 0 Å². The molecule has 2 aromatic rings. The lowest BCUT2D eigenvalue weighted by Gasteiger charge is -1.98. The van der Waals surface area contributed by atoms with Gasteiger partial charge in [-0.05, 0) is 37.1 Å². The van der Waals surface area contributed by atoms with Gasteiger partial charge in [-0.25, -0.2) is 0 Å². The van der Waals surface area contributed by atoms with Crippen LogP contribution in [0.3, 0.4) is 0 Å². The highest BCUT2D eigenvalue weighted by Gasteiger charge is 1.92. The molecule has 0 aliphatic rings. The molecule has 2 aromatic carbocycles. The molecule has 0 unspecified atom stereocenters. The van der Waals surface area contributed by atoms with Gasteiger partial charge in [-0.2, -0.15) is 0 Å². The van der Waals surface area contributed by atoms with Gasteiger partial charge in [-0.3, -0.25) is 0 Å². The molecule has 0 spiro atoms. The molecule has 0 fully saturated rings. The van der Waals surface area contributed by atoms with Gasteiger partial charge in [-0.1, -0.05) is 105 Å². The summed E-state index contributed by atoms with van der Waals surface area (Å²) < 4.78 is 0. The highest BCUT2D eigenvalue weighted by Crippen LogP contribution is 2.09. The van der Waals surface area contributed by atoms with Crippen molar-refractivity contribution in [2.75, 3.05) is 0 Å². The van der Waals surface area contributed by atoms with Crippen molar-refractivity contribution in [2.45, 2.75) is 51.9 Å². The van der Waals surface area contributed by atoms with E-state index in [0.717, 1.165) is 23.1 Å². The Morgan fingerprint density at radius 2 is 1.19 bits per heavy atom. The molecule has 0 aliphatic heterocycles. The van der Waals surface area contributed by atoms with Crippen LogP contribution in [0, 0.1) is 23.7 Å². The molecule has 0 heterocycles. The van der Waals surface area contributed by atoms with Gasteiger partial charge in [0.25, 0.3) is 0 Å². The summed E-state index contributed by atoms with van der Waals surface area (Å²) >= 11 is 0. The molecule has 0 radical (unpaired) electrons. The minimum atomic E-state index is 0.922. The van der Waals surface area contributed by atoms with Crippen LogP contribution in [0.15, 0.2) is 72.3 Å². The summed E-state index contributed by atoms with van der Waals surface area (Å²) in [4.78, 5) is 0. The molecule has 0 aliphatic carbocycles. The Balaban J connectivity index is 2.00. The molecule has 0 atom stereocenters. The Bertz CT molecular complexity index is 714. The molecule has 0 bridgehead atoms. The zero-order valence-electron chi connectivity index (χ0n) is 15.8. The van der Waals surface area contributed by atoms with Crippen LogP contribution in [0.2, 0.25) is 0 Å². The van der Waals surface area contributed by atoms with E-state index in [1.54, 1.807) is 0 Å². The molecule has 26 heavy (non-hydrogen) atoms. The van der Waals surface area contributed by atoms with Crippen LogP contribution in [-0.4, -0.2) is 0 Å². The average molecular weight is 341 g/mol. The summed E-state index contributed by atoms with van der Waals surface area (Å²) in [6.45, 7) is 2.26. The van der Waals surface area contributed by atoms with Gasteiger partial charge in [0.05, 0.1) is 5.57 Å². The standard InChI is InChI=1S/C26H28/c1-2-3-4-5-6-7-10-19-26(22-20-24-15-11-8-12-16-24)23-21-25-17-13-9-14-18-25/h8-9,11-19H,2-7,10H2,1H3. The van der Waals surface area contributed by atoms with Crippen molar-refractivity contribution in [3.63, 3.8) is 0 Å². The lowest BCUT2D eigenvalue weighted by atomic mass is 10.1. The monoisotopic (exact) mass is 340 g/mol. The fourth-order valence-corrected chi connectivity index (χ4v) is 2.63. The van der Waals surface area contributed by atoms with Crippen LogP contribution in [0.1, 0.15) is 63.0 Å². The molecule has 0 heteroatoms. The van der Waals surface area contributed by atoms with Crippen molar-refractivity contribution in [1.82, 2.24) is 0 Å². The number of hydrogen-bond acceptors (Lipinski definition) is 0. The summed E-state index contributed by atoms with van der Waals surface area (Å²) in [6, 6.07) is 20.2. The first-order valence-corrected chi connectivity index (χ1v) is 9.73. The van der Waals surface area contributed by atoms with Gasteiger partial charge in [0, 0.05) is 11.1 Å². The van der Waals surface area contributed by atoms with Crippen LogP contribution >= 0.6 is 0 Å². The van der Waals surface area contributed by atoms with Crippen molar-refractivity contribution in [2.24, 2.45) is 0 Å². The van der Waals surface area contributed by atoms with E-state index >= 15 is 0 Å². The summed E-state index contributed by atoms with van der Waals surface area (Å²) in [7, 11) is 0. The predicted octanol–water partition coefficient (Wildman–Crippen LogP) is 6.77. The maximum absolute atomic E-state index is 3.25. The fourth-order valence-electron chi connectivity index (χ4n) is 2.63. The van der Waals surface area contributed by atoms with Crippen LogP contribution < -0.4 is 0 Å². The van der Waals surface area contributed by atoms with Crippen LogP contribution in [-0.2, 0) is 0 Å². The van der Waals surface area contributed by atoms with Crippen molar-refractivity contribution in [3.05, 3.63) is 83.4 Å². The second-order valence-corrected chi connectivity index (χ2v) is 6.41. The summed E-state index contributed by atoms with van der Waals surface area (Å²) in [5, 5.41) is 0. The van der Waals surface area contributed by atoms with Crippen LogP contribution in [0.4, 0.5) is 0 Å². The Kier molecular flexibility index (Phi) is 9.53. The normalized spacial score (nSPS) is 9.42. The van der Waals surface area contributed by atoms with E-state index in [0.29, 0.717) is 0 Å². The zero-order chi connectivity index (χ0) is 18.3. The third-order valence-electron chi connectivity index (χ3n) is 4.14. The molecule has 132 valence electrons. The molecule has 0 aromatic heterocycles. The Labute approximate surface area is 159 Å². The first kappa shape index (κ1) is 19.6. The van der Waals surface area contributed by atoms with Crippen LogP contribution in [0.5, 0.6) is 0 Å².